The number of aliphatic hydroxyl groups is 1. The van der Waals surface area contributed by atoms with Gasteiger partial charge in [-0.25, -0.2) is 4.79 Å². The SMILES string of the molecule is CCCCCC[C@@H]1C(=O)NC2([C@@H](O)[C@@H]3C=CCCC3)C(=O)O[C@]12C. The van der Waals surface area contributed by atoms with E-state index in [1.165, 1.54) is 0 Å². The van der Waals surface area contributed by atoms with Gasteiger partial charge in [0.15, 0.2) is 5.60 Å². The second kappa shape index (κ2) is 6.51. The number of carbonyl (C=O) groups is 2. The Morgan fingerprint density at radius 2 is 2.17 bits per heavy atom. The lowest BCUT2D eigenvalue weighted by Crippen LogP contribution is -2.80. The van der Waals surface area contributed by atoms with Crippen LogP contribution < -0.4 is 5.32 Å². The molecule has 3 aliphatic rings. The molecule has 2 aliphatic heterocycles. The third-order valence-corrected chi connectivity index (χ3v) is 6.20. The number of carbonyl (C=O) groups excluding carboxylic acids is 2. The molecule has 2 heterocycles. The quantitative estimate of drug-likeness (QED) is 0.426. The summed E-state index contributed by atoms with van der Waals surface area (Å²) in [5.41, 5.74) is -2.20. The lowest BCUT2D eigenvalue weighted by Gasteiger charge is -2.54. The zero-order valence-corrected chi connectivity index (χ0v) is 14.7. The predicted octanol–water partition coefficient (Wildman–Crippen LogP) is 2.47. The van der Waals surface area contributed by atoms with Gasteiger partial charge in [0.2, 0.25) is 11.4 Å². The summed E-state index contributed by atoms with van der Waals surface area (Å²) < 4.78 is 5.50. The molecule has 0 saturated carbocycles. The molecule has 134 valence electrons. The fourth-order valence-corrected chi connectivity index (χ4v) is 4.66. The van der Waals surface area contributed by atoms with E-state index in [2.05, 4.69) is 12.2 Å². The molecule has 0 bridgehead atoms. The zero-order chi connectivity index (χ0) is 17.4. The number of hydrogen-bond donors (Lipinski definition) is 2. The third-order valence-electron chi connectivity index (χ3n) is 6.20. The van der Waals surface area contributed by atoms with E-state index < -0.39 is 23.2 Å². The molecule has 1 unspecified atom stereocenters. The molecule has 5 heteroatoms. The van der Waals surface area contributed by atoms with E-state index in [0.717, 1.165) is 44.9 Å². The van der Waals surface area contributed by atoms with E-state index in [9.17, 15) is 14.7 Å². The van der Waals surface area contributed by atoms with Gasteiger partial charge < -0.3 is 15.2 Å². The molecule has 3 rings (SSSR count). The van der Waals surface area contributed by atoms with Crippen molar-refractivity contribution in [2.24, 2.45) is 11.8 Å². The summed E-state index contributed by atoms with van der Waals surface area (Å²) >= 11 is 0. The van der Waals surface area contributed by atoms with Gasteiger partial charge in [-0.3, -0.25) is 4.79 Å². The van der Waals surface area contributed by atoms with Gasteiger partial charge >= 0.3 is 5.97 Å². The highest BCUT2D eigenvalue weighted by Crippen LogP contribution is 2.53. The number of nitrogens with one attached hydrogen (secondary N) is 1. The summed E-state index contributed by atoms with van der Waals surface area (Å²) in [5, 5.41) is 13.8. The average Bonchev–Trinajstić information content (AvgIpc) is 2.76. The molecule has 0 aromatic carbocycles. The molecule has 2 fully saturated rings. The minimum atomic E-state index is -1.27. The number of fused-ring (bicyclic) bond motifs is 1. The summed E-state index contributed by atoms with van der Waals surface area (Å²) in [6.45, 7) is 3.96. The predicted molar refractivity (Wildman–Crippen MR) is 90.1 cm³/mol. The Labute approximate surface area is 143 Å². The molecule has 1 aliphatic carbocycles. The maximum atomic E-state index is 12.6. The first-order valence-corrected chi connectivity index (χ1v) is 9.37. The van der Waals surface area contributed by atoms with Gasteiger partial charge in [0.25, 0.3) is 0 Å². The van der Waals surface area contributed by atoms with E-state index in [1.807, 2.05) is 19.1 Å². The Kier molecular flexibility index (Phi) is 4.73. The highest BCUT2D eigenvalue weighted by Gasteiger charge is 2.79. The molecule has 2 N–H and O–H groups in total. The first-order chi connectivity index (χ1) is 11.5. The molecular formula is C19H29NO4. The zero-order valence-electron chi connectivity index (χ0n) is 14.7. The summed E-state index contributed by atoms with van der Waals surface area (Å²) in [6, 6.07) is 0. The van der Waals surface area contributed by atoms with Crippen LogP contribution in [0.4, 0.5) is 0 Å². The van der Waals surface area contributed by atoms with Gasteiger partial charge in [-0.15, -0.1) is 0 Å². The van der Waals surface area contributed by atoms with Crippen molar-refractivity contribution < 1.29 is 19.4 Å². The molecule has 5 nitrogen and oxygen atoms in total. The normalized spacial score (nSPS) is 39.0. The topological polar surface area (TPSA) is 75.6 Å². The maximum Gasteiger partial charge on any atom is 0.339 e. The second-order valence-corrected chi connectivity index (χ2v) is 7.66. The number of rotatable bonds is 7. The summed E-state index contributed by atoms with van der Waals surface area (Å²) in [7, 11) is 0. The molecule has 24 heavy (non-hydrogen) atoms. The lowest BCUT2D eigenvalue weighted by molar-refractivity contribution is -0.238. The van der Waals surface area contributed by atoms with Crippen LogP contribution in [0.15, 0.2) is 12.2 Å². The largest absolute Gasteiger partial charge is 0.453 e. The lowest BCUT2D eigenvalue weighted by atomic mass is 9.64. The molecule has 2 saturated heterocycles. The Balaban J connectivity index is 1.79. The smallest absolute Gasteiger partial charge is 0.339 e. The fraction of sp³-hybridized carbons (Fsp3) is 0.789. The van der Waals surface area contributed by atoms with Crippen molar-refractivity contribution in [2.45, 2.75) is 82.5 Å². The number of unbranched alkanes of at least 4 members (excludes halogenated alkanes) is 3. The molecule has 0 radical (unpaired) electrons. The minimum Gasteiger partial charge on any atom is -0.453 e. The maximum absolute atomic E-state index is 12.6. The third kappa shape index (κ3) is 2.40. The molecular weight excluding hydrogens is 306 g/mol. The van der Waals surface area contributed by atoms with Crippen molar-refractivity contribution in [1.29, 1.82) is 0 Å². The Morgan fingerprint density at radius 1 is 1.38 bits per heavy atom. The van der Waals surface area contributed by atoms with Crippen LogP contribution in [0.25, 0.3) is 0 Å². The monoisotopic (exact) mass is 335 g/mol. The Bertz CT molecular complexity index is 545. The van der Waals surface area contributed by atoms with Crippen LogP contribution in [-0.4, -0.2) is 34.2 Å². The Hall–Kier alpha value is -1.36. The van der Waals surface area contributed by atoms with Crippen LogP contribution in [0, 0.1) is 11.8 Å². The van der Waals surface area contributed by atoms with Crippen molar-refractivity contribution in [3.63, 3.8) is 0 Å². The van der Waals surface area contributed by atoms with E-state index >= 15 is 0 Å². The molecule has 1 amide bonds. The molecule has 5 atom stereocenters. The summed E-state index contributed by atoms with van der Waals surface area (Å²) in [4.78, 5) is 24.9. The van der Waals surface area contributed by atoms with Crippen LogP contribution >= 0.6 is 0 Å². The van der Waals surface area contributed by atoms with Crippen LogP contribution in [0.1, 0.15) is 65.2 Å². The number of amides is 1. The first kappa shape index (κ1) is 17.5. The van der Waals surface area contributed by atoms with Crippen LogP contribution in [0.2, 0.25) is 0 Å². The van der Waals surface area contributed by atoms with E-state index in [1.54, 1.807) is 0 Å². The standard InChI is InChI=1S/C19H29NO4/c1-3-4-5-9-12-14-16(22)20-19(17(23)24-18(14,19)2)15(21)13-10-7-6-8-11-13/h7,10,13-15,21H,3-6,8-9,11-12H2,1-2H3,(H,20,22)/t13-,14-,15+,18-,19?/m1/s1. The van der Waals surface area contributed by atoms with E-state index in [-0.39, 0.29) is 17.7 Å². The summed E-state index contributed by atoms with van der Waals surface area (Å²) in [5.74, 6) is -1.11. The second-order valence-electron chi connectivity index (χ2n) is 7.66. The number of hydrogen-bond acceptors (Lipinski definition) is 4. The van der Waals surface area contributed by atoms with Gasteiger partial charge in [0.1, 0.15) is 0 Å². The fourth-order valence-electron chi connectivity index (χ4n) is 4.66. The minimum absolute atomic E-state index is 0.106. The van der Waals surface area contributed by atoms with Crippen molar-refractivity contribution >= 4 is 11.9 Å². The number of aliphatic hydroxyl groups excluding tert-OH is 1. The van der Waals surface area contributed by atoms with Crippen LogP contribution in [-0.2, 0) is 14.3 Å². The van der Waals surface area contributed by atoms with E-state index in [0.29, 0.717) is 6.42 Å². The number of esters is 1. The molecule has 0 aromatic heterocycles. The van der Waals surface area contributed by atoms with Crippen molar-refractivity contribution in [2.75, 3.05) is 0 Å². The van der Waals surface area contributed by atoms with Gasteiger partial charge in [0.05, 0.1) is 12.0 Å². The number of ether oxygens (including phenoxy) is 1. The van der Waals surface area contributed by atoms with Gasteiger partial charge in [0, 0.05) is 5.92 Å². The first-order valence-electron chi connectivity index (χ1n) is 9.37. The highest BCUT2D eigenvalue weighted by atomic mass is 16.6. The van der Waals surface area contributed by atoms with Crippen LogP contribution in [0.3, 0.4) is 0 Å². The summed E-state index contributed by atoms with van der Waals surface area (Å²) in [6.07, 6.45) is 10.9. The van der Waals surface area contributed by atoms with Crippen molar-refractivity contribution in [3.05, 3.63) is 12.2 Å². The number of allylic oxidation sites excluding steroid dienone is 1. The highest BCUT2D eigenvalue weighted by molar-refractivity contribution is 6.01. The van der Waals surface area contributed by atoms with Gasteiger partial charge in [-0.05, 0) is 32.6 Å². The van der Waals surface area contributed by atoms with Crippen molar-refractivity contribution in [1.82, 2.24) is 5.32 Å². The van der Waals surface area contributed by atoms with E-state index in [4.69, 9.17) is 4.74 Å². The molecule has 0 aromatic rings. The molecule has 0 spiro atoms. The van der Waals surface area contributed by atoms with Gasteiger partial charge in [-0.2, -0.15) is 0 Å². The average molecular weight is 335 g/mol. The Morgan fingerprint density at radius 3 is 2.79 bits per heavy atom. The van der Waals surface area contributed by atoms with Gasteiger partial charge in [-0.1, -0.05) is 44.8 Å². The van der Waals surface area contributed by atoms with Crippen LogP contribution in [0.5, 0.6) is 0 Å². The van der Waals surface area contributed by atoms with Crippen molar-refractivity contribution in [3.8, 4) is 0 Å².